The van der Waals surface area contributed by atoms with Gasteiger partial charge in [-0.05, 0) is 6.92 Å². The SMILES string of the molecule is CCOc1ncnc(OCC(F)F)c1N. The molecule has 7 heteroatoms. The number of hydrogen-bond donors (Lipinski definition) is 1. The van der Waals surface area contributed by atoms with Crippen LogP contribution in [-0.4, -0.2) is 29.6 Å². The number of hydrogen-bond acceptors (Lipinski definition) is 5. The second-order valence-electron chi connectivity index (χ2n) is 2.53. The highest BCUT2D eigenvalue weighted by Gasteiger charge is 2.12. The molecule has 0 aliphatic heterocycles. The second kappa shape index (κ2) is 5.28. The molecular formula is C8H11F2N3O2. The molecule has 0 fully saturated rings. The Balaban J connectivity index is 2.75. The topological polar surface area (TPSA) is 70.3 Å². The number of anilines is 1. The van der Waals surface area contributed by atoms with Gasteiger partial charge in [0.15, 0.2) is 12.3 Å². The number of halogens is 2. The fourth-order valence-corrected chi connectivity index (χ4v) is 0.873. The molecule has 0 aromatic carbocycles. The molecule has 0 aliphatic carbocycles. The van der Waals surface area contributed by atoms with Crippen LogP contribution in [0.3, 0.4) is 0 Å². The summed E-state index contributed by atoms with van der Waals surface area (Å²) in [5.74, 6) is 0.0468. The maximum atomic E-state index is 11.9. The smallest absolute Gasteiger partial charge is 0.272 e. The fraction of sp³-hybridized carbons (Fsp3) is 0.500. The molecule has 5 nitrogen and oxygen atoms in total. The zero-order valence-electron chi connectivity index (χ0n) is 8.11. The molecule has 0 saturated carbocycles. The van der Waals surface area contributed by atoms with Crippen molar-refractivity contribution >= 4 is 5.69 Å². The standard InChI is InChI=1S/C8H11F2N3O2/c1-2-14-7-6(11)8(13-4-12-7)15-3-5(9)10/h4-5H,2-3,11H2,1H3. The summed E-state index contributed by atoms with van der Waals surface area (Å²) in [6.07, 6.45) is -1.43. The maximum absolute atomic E-state index is 11.9. The number of nitrogen functional groups attached to an aromatic ring is 1. The number of nitrogens with zero attached hydrogens (tertiary/aromatic N) is 2. The van der Waals surface area contributed by atoms with Crippen LogP contribution in [0, 0.1) is 0 Å². The Morgan fingerprint density at radius 1 is 1.33 bits per heavy atom. The predicted molar refractivity (Wildman–Crippen MR) is 49.1 cm³/mol. The lowest BCUT2D eigenvalue weighted by Crippen LogP contribution is -2.10. The van der Waals surface area contributed by atoms with Gasteiger partial charge in [0.1, 0.15) is 6.33 Å². The Labute approximate surface area is 85.2 Å². The fourth-order valence-electron chi connectivity index (χ4n) is 0.873. The quantitative estimate of drug-likeness (QED) is 0.803. The van der Waals surface area contributed by atoms with Gasteiger partial charge in [0, 0.05) is 0 Å². The minimum Gasteiger partial charge on any atom is -0.476 e. The second-order valence-corrected chi connectivity index (χ2v) is 2.53. The molecule has 1 heterocycles. The first kappa shape index (κ1) is 11.4. The molecule has 0 bridgehead atoms. The Morgan fingerprint density at radius 2 is 1.93 bits per heavy atom. The molecule has 0 spiro atoms. The summed E-state index contributed by atoms with van der Waals surface area (Å²) in [6.45, 7) is 1.36. The average molecular weight is 219 g/mol. The third kappa shape index (κ3) is 3.19. The number of nitrogens with two attached hydrogens (primary N) is 1. The van der Waals surface area contributed by atoms with Crippen LogP contribution in [0.1, 0.15) is 6.92 Å². The Bertz CT molecular complexity index is 323. The van der Waals surface area contributed by atoms with Gasteiger partial charge in [-0.3, -0.25) is 0 Å². The highest BCUT2D eigenvalue weighted by Crippen LogP contribution is 2.26. The van der Waals surface area contributed by atoms with Crippen LogP contribution in [0.15, 0.2) is 6.33 Å². The highest BCUT2D eigenvalue weighted by atomic mass is 19.3. The summed E-state index contributed by atoms with van der Waals surface area (Å²) in [4.78, 5) is 7.35. The summed E-state index contributed by atoms with van der Waals surface area (Å²) in [5.41, 5.74) is 5.56. The van der Waals surface area contributed by atoms with Crippen LogP contribution in [-0.2, 0) is 0 Å². The van der Waals surface area contributed by atoms with E-state index in [1.165, 1.54) is 0 Å². The minimum atomic E-state index is -2.57. The van der Waals surface area contributed by atoms with Crippen LogP contribution in [0.25, 0.3) is 0 Å². The molecule has 15 heavy (non-hydrogen) atoms. The lowest BCUT2D eigenvalue weighted by Gasteiger charge is -2.09. The van der Waals surface area contributed by atoms with Gasteiger partial charge in [-0.2, -0.15) is 9.97 Å². The lowest BCUT2D eigenvalue weighted by atomic mass is 10.5. The van der Waals surface area contributed by atoms with Gasteiger partial charge < -0.3 is 15.2 Å². The maximum Gasteiger partial charge on any atom is 0.272 e. The molecular weight excluding hydrogens is 208 g/mol. The summed E-state index contributed by atoms with van der Waals surface area (Å²) in [5, 5.41) is 0. The zero-order chi connectivity index (χ0) is 11.3. The largest absolute Gasteiger partial charge is 0.476 e. The first-order valence-corrected chi connectivity index (χ1v) is 4.29. The van der Waals surface area contributed by atoms with Crippen molar-refractivity contribution in [3.63, 3.8) is 0 Å². The monoisotopic (exact) mass is 219 g/mol. The summed E-state index contributed by atoms with van der Waals surface area (Å²) in [6, 6.07) is 0. The molecule has 0 radical (unpaired) electrons. The highest BCUT2D eigenvalue weighted by molar-refractivity contribution is 5.55. The molecule has 0 aliphatic rings. The average Bonchev–Trinajstić information content (AvgIpc) is 2.19. The van der Waals surface area contributed by atoms with E-state index in [1.54, 1.807) is 6.92 Å². The lowest BCUT2D eigenvalue weighted by molar-refractivity contribution is 0.0797. The van der Waals surface area contributed by atoms with Gasteiger partial charge in [-0.25, -0.2) is 8.78 Å². The molecule has 0 unspecified atom stereocenters. The van der Waals surface area contributed by atoms with Gasteiger partial charge in [-0.15, -0.1) is 0 Å². The van der Waals surface area contributed by atoms with Crippen molar-refractivity contribution in [1.29, 1.82) is 0 Å². The summed E-state index contributed by atoms with van der Waals surface area (Å²) in [7, 11) is 0. The minimum absolute atomic E-state index is 0.0278. The number of alkyl halides is 2. The third-order valence-corrected chi connectivity index (χ3v) is 1.44. The predicted octanol–water partition coefficient (Wildman–Crippen LogP) is 1.10. The Hall–Kier alpha value is -1.66. The van der Waals surface area contributed by atoms with Crippen molar-refractivity contribution < 1.29 is 18.3 Å². The molecule has 0 saturated heterocycles. The first-order chi connectivity index (χ1) is 7.15. The van der Waals surface area contributed by atoms with Gasteiger partial charge in [-0.1, -0.05) is 0 Å². The van der Waals surface area contributed by atoms with Crippen LogP contribution in [0.2, 0.25) is 0 Å². The van der Waals surface area contributed by atoms with Crippen LogP contribution >= 0.6 is 0 Å². The van der Waals surface area contributed by atoms with Gasteiger partial charge in [0.2, 0.25) is 11.8 Å². The molecule has 1 aromatic heterocycles. The van der Waals surface area contributed by atoms with E-state index in [0.717, 1.165) is 6.33 Å². The Morgan fingerprint density at radius 3 is 2.47 bits per heavy atom. The molecule has 84 valence electrons. The van der Waals surface area contributed by atoms with E-state index in [9.17, 15) is 8.78 Å². The van der Waals surface area contributed by atoms with E-state index in [0.29, 0.717) is 6.61 Å². The van der Waals surface area contributed by atoms with E-state index in [-0.39, 0.29) is 17.4 Å². The van der Waals surface area contributed by atoms with Crippen molar-refractivity contribution in [2.75, 3.05) is 18.9 Å². The van der Waals surface area contributed by atoms with Gasteiger partial charge in [0.05, 0.1) is 6.61 Å². The molecule has 0 atom stereocenters. The van der Waals surface area contributed by atoms with Gasteiger partial charge >= 0.3 is 0 Å². The van der Waals surface area contributed by atoms with Gasteiger partial charge in [0.25, 0.3) is 6.43 Å². The van der Waals surface area contributed by atoms with E-state index >= 15 is 0 Å². The van der Waals surface area contributed by atoms with E-state index in [2.05, 4.69) is 14.7 Å². The first-order valence-electron chi connectivity index (χ1n) is 4.29. The molecule has 2 N–H and O–H groups in total. The van der Waals surface area contributed by atoms with Crippen molar-refractivity contribution in [2.45, 2.75) is 13.3 Å². The molecule has 0 amide bonds. The van der Waals surface area contributed by atoms with Crippen molar-refractivity contribution in [2.24, 2.45) is 0 Å². The number of aromatic nitrogens is 2. The van der Waals surface area contributed by atoms with Crippen molar-refractivity contribution in [3.05, 3.63) is 6.33 Å². The third-order valence-electron chi connectivity index (χ3n) is 1.44. The van der Waals surface area contributed by atoms with Crippen molar-refractivity contribution in [3.8, 4) is 11.8 Å². The zero-order valence-corrected chi connectivity index (χ0v) is 8.11. The summed E-state index contributed by atoms with van der Waals surface area (Å²) >= 11 is 0. The van der Waals surface area contributed by atoms with Crippen LogP contribution in [0.4, 0.5) is 14.5 Å². The number of rotatable bonds is 5. The van der Waals surface area contributed by atoms with E-state index < -0.39 is 13.0 Å². The van der Waals surface area contributed by atoms with Crippen LogP contribution < -0.4 is 15.2 Å². The van der Waals surface area contributed by atoms with Crippen LogP contribution in [0.5, 0.6) is 11.8 Å². The molecule has 1 aromatic rings. The van der Waals surface area contributed by atoms with E-state index in [1.807, 2.05) is 0 Å². The molecule has 1 rings (SSSR count). The Kier molecular flexibility index (Phi) is 4.02. The van der Waals surface area contributed by atoms with E-state index in [4.69, 9.17) is 10.5 Å². The summed E-state index contributed by atoms with van der Waals surface area (Å²) < 4.78 is 33.4. The normalized spacial score (nSPS) is 10.4. The number of ether oxygens (including phenoxy) is 2. The van der Waals surface area contributed by atoms with Crippen molar-refractivity contribution in [1.82, 2.24) is 9.97 Å².